The number of hydrogen-bond donors (Lipinski definition) is 0. The lowest BCUT2D eigenvalue weighted by Crippen LogP contribution is -2.46. The van der Waals surface area contributed by atoms with Crippen LogP contribution in [0.5, 0.6) is 0 Å². The average Bonchev–Trinajstić information content (AvgIpc) is 3.62. The highest BCUT2D eigenvalue weighted by Crippen LogP contribution is 2.44. The molecule has 1 amide bonds. The number of aromatic nitrogens is 6. The molecule has 2 aliphatic rings. The van der Waals surface area contributed by atoms with Crippen molar-refractivity contribution in [3.05, 3.63) is 61.3 Å². The van der Waals surface area contributed by atoms with Crippen molar-refractivity contribution in [3.63, 3.8) is 0 Å². The molecule has 35 heavy (non-hydrogen) atoms. The fourth-order valence-electron chi connectivity index (χ4n) is 5.63. The van der Waals surface area contributed by atoms with Gasteiger partial charge in [-0.2, -0.15) is 10.2 Å². The predicted octanol–water partition coefficient (Wildman–Crippen LogP) is 4.51. The molecule has 0 bridgehead atoms. The summed E-state index contributed by atoms with van der Waals surface area (Å²) in [7, 11) is 3.89. The van der Waals surface area contributed by atoms with Gasteiger partial charge in [-0.1, -0.05) is 18.2 Å². The van der Waals surface area contributed by atoms with Crippen molar-refractivity contribution in [2.45, 2.75) is 50.1 Å². The second kappa shape index (κ2) is 8.45. The molecule has 1 aromatic carbocycles. The van der Waals surface area contributed by atoms with Gasteiger partial charge in [-0.3, -0.25) is 14.2 Å². The van der Waals surface area contributed by atoms with Crippen LogP contribution in [0, 0.1) is 0 Å². The molecule has 6 rings (SSSR count). The highest BCUT2D eigenvalue weighted by Gasteiger charge is 2.45. The van der Waals surface area contributed by atoms with Crippen LogP contribution in [0.25, 0.3) is 33.8 Å². The number of benzene rings is 1. The number of aryl methyl sites for hydroxylation is 1. The Hall–Kier alpha value is -3.81. The molecule has 0 radical (unpaired) electrons. The Bertz CT molecular complexity index is 1360. The first kappa shape index (κ1) is 21.7. The quantitative estimate of drug-likeness (QED) is 0.441. The van der Waals surface area contributed by atoms with E-state index >= 15 is 0 Å². The molecule has 1 aliphatic heterocycles. The maximum atomic E-state index is 12.0. The number of carbonyl (C=O) groups excluding carboxylic acids is 1. The second-order valence-corrected chi connectivity index (χ2v) is 9.87. The van der Waals surface area contributed by atoms with Gasteiger partial charge in [0.15, 0.2) is 5.82 Å². The number of rotatable bonds is 4. The van der Waals surface area contributed by atoms with E-state index in [0.29, 0.717) is 18.3 Å². The summed E-state index contributed by atoms with van der Waals surface area (Å²) in [5.74, 6) is 0.975. The van der Waals surface area contributed by atoms with E-state index in [9.17, 15) is 4.79 Å². The van der Waals surface area contributed by atoms with E-state index in [1.807, 2.05) is 68.0 Å². The first-order valence-electron chi connectivity index (χ1n) is 12.2. The van der Waals surface area contributed by atoms with Gasteiger partial charge < -0.3 is 4.90 Å². The van der Waals surface area contributed by atoms with E-state index in [1.54, 1.807) is 4.68 Å². The van der Waals surface area contributed by atoms with Gasteiger partial charge in [-0.05, 0) is 44.2 Å². The summed E-state index contributed by atoms with van der Waals surface area (Å²) in [5.41, 5.74) is 4.97. The van der Waals surface area contributed by atoms with Gasteiger partial charge in [0.05, 0.1) is 17.9 Å². The summed E-state index contributed by atoms with van der Waals surface area (Å²) in [4.78, 5) is 23.3. The molecular formula is C27H29N7O. The van der Waals surface area contributed by atoms with Crippen LogP contribution in [0.15, 0.2) is 61.3 Å². The summed E-state index contributed by atoms with van der Waals surface area (Å²) in [6, 6.07) is 10.5. The SMILES string of the molecule is Cn1ccc(-c2cccc(-c3ncc(-c4cnn([C@H]5CC[C@]6(CCC(=O)N6C)CC5)c4)cn3)c2)n1. The maximum Gasteiger partial charge on any atom is 0.222 e. The van der Waals surface area contributed by atoms with E-state index < -0.39 is 0 Å². The van der Waals surface area contributed by atoms with Crippen LogP contribution >= 0.6 is 0 Å². The van der Waals surface area contributed by atoms with Crippen molar-refractivity contribution in [3.8, 4) is 33.8 Å². The van der Waals surface area contributed by atoms with E-state index in [4.69, 9.17) is 0 Å². The molecule has 0 atom stereocenters. The number of hydrogen-bond acceptors (Lipinski definition) is 5. The van der Waals surface area contributed by atoms with Crippen LogP contribution in [-0.4, -0.2) is 52.9 Å². The summed E-state index contributed by atoms with van der Waals surface area (Å²) >= 11 is 0. The molecule has 0 N–H and O–H groups in total. The fourth-order valence-corrected chi connectivity index (χ4v) is 5.63. The maximum absolute atomic E-state index is 12.0. The van der Waals surface area contributed by atoms with Crippen LogP contribution in [0.2, 0.25) is 0 Å². The van der Waals surface area contributed by atoms with Crippen LogP contribution < -0.4 is 0 Å². The third-order valence-electron chi connectivity index (χ3n) is 7.87. The zero-order valence-corrected chi connectivity index (χ0v) is 20.1. The Kier molecular flexibility index (Phi) is 5.24. The molecule has 2 fully saturated rings. The Morgan fingerprint density at radius 3 is 2.37 bits per heavy atom. The summed E-state index contributed by atoms with van der Waals surface area (Å²) in [6.45, 7) is 0. The monoisotopic (exact) mass is 467 g/mol. The average molecular weight is 468 g/mol. The molecular weight excluding hydrogens is 438 g/mol. The molecule has 178 valence electrons. The van der Waals surface area contributed by atoms with Crippen molar-refractivity contribution in [1.82, 2.24) is 34.4 Å². The minimum Gasteiger partial charge on any atom is -0.340 e. The zero-order valence-electron chi connectivity index (χ0n) is 20.1. The smallest absolute Gasteiger partial charge is 0.222 e. The van der Waals surface area contributed by atoms with E-state index in [-0.39, 0.29) is 11.4 Å². The molecule has 3 aromatic heterocycles. The van der Waals surface area contributed by atoms with Crippen molar-refractivity contribution in [2.75, 3.05) is 7.05 Å². The lowest BCUT2D eigenvalue weighted by Gasteiger charge is -2.42. The highest BCUT2D eigenvalue weighted by atomic mass is 16.2. The van der Waals surface area contributed by atoms with Gasteiger partial charge in [0.25, 0.3) is 0 Å². The predicted molar refractivity (Wildman–Crippen MR) is 133 cm³/mol. The number of carbonyl (C=O) groups is 1. The minimum atomic E-state index is 0.0705. The first-order chi connectivity index (χ1) is 17.0. The van der Waals surface area contributed by atoms with Gasteiger partial charge in [0.2, 0.25) is 5.91 Å². The van der Waals surface area contributed by atoms with Crippen molar-refractivity contribution in [1.29, 1.82) is 0 Å². The van der Waals surface area contributed by atoms with Crippen molar-refractivity contribution < 1.29 is 4.79 Å². The minimum absolute atomic E-state index is 0.0705. The standard InChI is InChI=1S/C27H29N7O/c1-32-13-9-24(31-32)19-4-3-5-20(14-19)26-28-15-21(16-29-26)22-17-30-34(18-22)23-6-10-27(11-7-23)12-8-25(35)33(27)2/h3-5,9,13-18,23H,6-8,10-12H2,1-2H3/t23-,27+. The Morgan fingerprint density at radius 2 is 1.69 bits per heavy atom. The fraction of sp³-hybridized carbons (Fsp3) is 0.370. The van der Waals surface area contributed by atoms with Gasteiger partial charge in [-0.25, -0.2) is 9.97 Å². The number of amides is 1. The van der Waals surface area contributed by atoms with Crippen LogP contribution in [0.1, 0.15) is 44.6 Å². The lowest BCUT2D eigenvalue weighted by molar-refractivity contribution is -0.130. The molecule has 1 spiro atoms. The zero-order chi connectivity index (χ0) is 24.0. The van der Waals surface area contributed by atoms with Gasteiger partial charge in [0.1, 0.15) is 0 Å². The molecule has 1 aliphatic carbocycles. The molecule has 1 saturated heterocycles. The Morgan fingerprint density at radius 1 is 0.914 bits per heavy atom. The van der Waals surface area contributed by atoms with E-state index in [0.717, 1.165) is 60.1 Å². The summed E-state index contributed by atoms with van der Waals surface area (Å²) in [6.07, 6.45) is 15.5. The Labute approximate surface area is 204 Å². The first-order valence-corrected chi connectivity index (χ1v) is 12.2. The van der Waals surface area contributed by atoms with Crippen molar-refractivity contribution in [2.24, 2.45) is 7.05 Å². The topological polar surface area (TPSA) is 81.7 Å². The van der Waals surface area contributed by atoms with Crippen LogP contribution in [-0.2, 0) is 11.8 Å². The lowest BCUT2D eigenvalue weighted by atomic mass is 9.78. The second-order valence-electron chi connectivity index (χ2n) is 9.87. The third-order valence-corrected chi connectivity index (χ3v) is 7.87. The van der Waals surface area contributed by atoms with Gasteiger partial charge in [-0.15, -0.1) is 0 Å². The Balaban J connectivity index is 1.16. The molecule has 8 nitrogen and oxygen atoms in total. The number of nitrogens with zero attached hydrogens (tertiary/aromatic N) is 7. The summed E-state index contributed by atoms with van der Waals surface area (Å²) in [5, 5.41) is 9.15. The van der Waals surface area contributed by atoms with E-state index in [1.165, 1.54) is 0 Å². The van der Waals surface area contributed by atoms with Gasteiger partial charge in [0, 0.05) is 73.1 Å². The molecule has 1 saturated carbocycles. The van der Waals surface area contributed by atoms with Crippen LogP contribution in [0.4, 0.5) is 0 Å². The van der Waals surface area contributed by atoms with E-state index in [2.05, 4.69) is 37.1 Å². The largest absolute Gasteiger partial charge is 0.340 e. The molecule has 4 aromatic rings. The normalized spacial score (nSPS) is 22.3. The molecule has 8 heteroatoms. The van der Waals surface area contributed by atoms with Crippen LogP contribution in [0.3, 0.4) is 0 Å². The highest BCUT2D eigenvalue weighted by molar-refractivity contribution is 5.79. The molecule has 0 unspecified atom stereocenters. The summed E-state index contributed by atoms with van der Waals surface area (Å²) < 4.78 is 3.89. The van der Waals surface area contributed by atoms with Gasteiger partial charge >= 0.3 is 0 Å². The number of likely N-dealkylation sites (tertiary alicyclic amines) is 1. The third kappa shape index (κ3) is 3.92. The molecule has 4 heterocycles. The van der Waals surface area contributed by atoms with Crippen molar-refractivity contribution >= 4 is 5.91 Å².